The van der Waals surface area contributed by atoms with Crippen LogP contribution in [0.3, 0.4) is 0 Å². The Labute approximate surface area is 131 Å². The number of carbonyl (C=O) groups excluding carboxylic acids is 1. The van der Waals surface area contributed by atoms with Crippen LogP contribution in [0.5, 0.6) is 0 Å². The van der Waals surface area contributed by atoms with Crippen LogP contribution < -0.4 is 10.6 Å². The molecule has 0 bridgehead atoms. The fourth-order valence-corrected chi connectivity index (χ4v) is 2.09. The lowest BCUT2D eigenvalue weighted by atomic mass is 10.1. The maximum absolute atomic E-state index is 12.2. The van der Waals surface area contributed by atoms with E-state index in [1.165, 1.54) is 6.20 Å². The normalized spacial score (nSPS) is 10.6. The Bertz CT molecular complexity index is 630. The standard InChI is InChI=1S/C17H22N4O/c1-11(2)8-19-16-10-18-15(9-20-16)17(22)21-14-6-12(3)5-13(4)7-14/h5-7,9-11H,8H2,1-4H3,(H,19,20)(H,21,22). The summed E-state index contributed by atoms with van der Waals surface area (Å²) in [7, 11) is 0. The third kappa shape index (κ3) is 4.55. The summed E-state index contributed by atoms with van der Waals surface area (Å²) in [6, 6.07) is 5.92. The highest BCUT2D eigenvalue weighted by atomic mass is 16.1. The number of hydrogen-bond donors (Lipinski definition) is 2. The number of rotatable bonds is 5. The number of carbonyl (C=O) groups is 1. The summed E-state index contributed by atoms with van der Waals surface area (Å²) >= 11 is 0. The van der Waals surface area contributed by atoms with E-state index in [0.29, 0.717) is 17.4 Å². The number of amides is 1. The monoisotopic (exact) mass is 298 g/mol. The molecule has 5 nitrogen and oxygen atoms in total. The molecule has 116 valence electrons. The molecule has 2 aromatic rings. The Morgan fingerprint density at radius 1 is 1.09 bits per heavy atom. The minimum Gasteiger partial charge on any atom is -0.369 e. The maximum Gasteiger partial charge on any atom is 0.275 e. The minimum atomic E-state index is -0.257. The van der Waals surface area contributed by atoms with E-state index in [2.05, 4.69) is 40.5 Å². The molecule has 2 N–H and O–H groups in total. The van der Waals surface area contributed by atoms with Crippen LogP contribution in [0.4, 0.5) is 11.5 Å². The first kappa shape index (κ1) is 15.9. The number of nitrogens with one attached hydrogen (secondary N) is 2. The summed E-state index contributed by atoms with van der Waals surface area (Å²) in [5, 5.41) is 6.02. The van der Waals surface area contributed by atoms with E-state index in [-0.39, 0.29) is 5.91 Å². The van der Waals surface area contributed by atoms with Gasteiger partial charge in [0, 0.05) is 12.2 Å². The lowest BCUT2D eigenvalue weighted by molar-refractivity contribution is 0.102. The van der Waals surface area contributed by atoms with E-state index in [4.69, 9.17) is 0 Å². The van der Waals surface area contributed by atoms with Crippen LogP contribution in [0.2, 0.25) is 0 Å². The first-order chi connectivity index (χ1) is 10.4. The van der Waals surface area contributed by atoms with E-state index in [0.717, 1.165) is 23.4 Å². The van der Waals surface area contributed by atoms with E-state index >= 15 is 0 Å². The molecule has 1 aromatic heterocycles. The van der Waals surface area contributed by atoms with E-state index in [1.54, 1.807) is 6.20 Å². The van der Waals surface area contributed by atoms with Crippen molar-refractivity contribution in [2.45, 2.75) is 27.7 Å². The molecule has 0 fully saturated rings. The largest absolute Gasteiger partial charge is 0.369 e. The van der Waals surface area contributed by atoms with Crippen molar-refractivity contribution in [1.82, 2.24) is 9.97 Å². The van der Waals surface area contributed by atoms with E-state index in [9.17, 15) is 4.79 Å². The first-order valence-electron chi connectivity index (χ1n) is 7.39. The van der Waals surface area contributed by atoms with Crippen molar-refractivity contribution in [2.24, 2.45) is 5.92 Å². The number of benzene rings is 1. The maximum atomic E-state index is 12.2. The van der Waals surface area contributed by atoms with Gasteiger partial charge in [-0.15, -0.1) is 0 Å². The zero-order chi connectivity index (χ0) is 16.1. The molecule has 0 aliphatic carbocycles. The molecule has 1 amide bonds. The van der Waals surface area contributed by atoms with Gasteiger partial charge in [0.1, 0.15) is 11.5 Å². The van der Waals surface area contributed by atoms with Crippen LogP contribution in [-0.4, -0.2) is 22.4 Å². The zero-order valence-corrected chi connectivity index (χ0v) is 13.5. The topological polar surface area (TPSA) is 66.9 Å². The second-order valence-corrected chi connectivity index (χ2v) is 5.89. The average molecular weight is 298 g/mol. The van der Waals surface area contributed by atoms with Gasteiger partial charge in [-0.25, -0.2) is 9.97 Å². The summed E-state index contributed by atoms with van der Waals surface area (Å²) in [5.74, 6) is 0.943. The predicted octanol–water partition coefficient (Wildman–Crippen LogP) is 3.41. The number of hydrogen-bond acceptors (Lipinski definition) is 4. The van der Waals surface area contributed by atoms with Crippen LogP contribution in [-0.2, 0) is 0 Å². The van der Waals surface area contributed by atoms with Crippen molar-refractivity contribution in [3.8, 4) is 0 Å². The summed E-state index contributed by atoms with van der Waals surface area (Å²) in [6.07, 6.45) is 3.07. The van der Waals surface area contributed by atoms with Crippen molar-refractivity contribution < 1.29 is 4.79 Å². The second kappa shape index (κ2) is 7.02. The molecular weight excluding hydrogens is 276 g/mol. The molecule has 0 radical (unpaired) electrons. The van der Waals surface area contributed by atoms with Gasteiger partial charge in [-0.3, -0.25) is 4.79 Å². The van der Waals surface area contributed by atoms with Crippen LogP contribution in [0, 0.1) is 19.8 Å². The van der Waals surface area contributed by atoms with Gasteiger partial charge in [0.25, 0.3) is 5.91 Å². The summed E-state index contributed by atoms with van der Waals surface area (Å²) in [4.78, 5) is 20.6. The van der Waals surface area contributed by atoms with Gasteiger partial charge >= 0.3 is 0 Å². The molecular formula is C17H22N4O. The predicted molar refractivity (Wildman–Crippen MR) is 89.2 cm³/mol. The van der Waals surface area contributed by atoms with Gasteiger partial charge in [-0.05, 0) is 43.0 Å². The van der Waals surface area contributed by atoms with Crippen molar-refractivity contribution >= 4 is 17.4 Å². The van der Waals surface area contributed by atoms with Crippen LogP contribution >= 0.6 is 0 Å². The quantitative estimate of drug-likeness (QED) is 0.887. The molecule has 1 heterocycles. The summed E-state index contributed by atoms with van der Waals surface area (Å²) < 4.78 is 0. The molecule has 5 heteroatoms. The van der Waals surface area contributed by atoms with Gasteiger partial charge < -0.3 is 10.6 Å². The van der Waals surface area contributed by atoms with E-state index < -0.39 is 0 Å². The van der Waals surface area contributed by atoms with Gasteiger partial charge in [-0.2, -0.15) is 0 Å². The zero-order valence-electron chi connectivity index (χ0n) is 13.5. The number of aryl methyl sites for hydroxylation is 2. The molecule has 0 spiro atoms. The molecule has 1 aromatic carbocycles. The molecule has 0 saturated carbocycles. The molecule has 0 unspecified atom stereocenters. The molecule has 0 atom stereocenters. The summed E-state index contributed by atoms with van der Waals surface area (Å²) in [6.45, 7) is 9.05. The minimum absolute atomic E-state index is 0.257. The van der Waals surface area contributed by atoms with Crippen LogP contribution in [0.1, 0.15) is 35.5 Å². The van der Waals surface area contributed by atoms with Crippen LogP contribution in [0.25, 0.3) is 0 Å². The summed E-state index contributed by atoms with van der Waals surface area (Å²) in [5.41, 5.74) is 3.28. The molecule has 0 saturated heterocycles. The molecule has 0 aliphatic rings. The Morgan fingerprint density at radius 2 is 1.77 bits per heavy atom. The van der Waals surface area contributed by atoms with Gasteiger partial charge in [0.05, 0.1) is 12.4 Å². The second-order valence-electron chi connectivity index (χ2n) is 5.89. The fraction of sp³-hybridized carbons (Fsp3) is 0.353. The number of nitrogens with zero attached hydrogens (tertiary/aromatic N) is 2. The van der Waals surface area contributed by atoms with Crippen molar-refractivity contribution in [1.29, 1.82) is 0 Å². The lowest BCUT2D eigenvalue weighted by Gasteiger charge is -2.09. The number of aromatic nitrogens is 2. The van der Waals surface area contributed by atoms with Gasteiger partial charge in [-0.1, -0.05) is 19.9 Å². The average Bonchev–Trinajstić information content (AvgIpc) is 2.44. The molecule has 2 rings (SSSR count). The van der Waals surface area contributed by atoms with Crippen molar-refractivity contribution in [2.75, 3.05) is 17.2 Å². The van der Waals surface area contributed by atoms with Crippen molar-refractivity contribution in [3.63, 3.8) is 0 Å². The Kier molecular flexibility index (Phi) is 5.09. The third-order valence-electron chi connectivity index (χ3n) is 3.06. The Balaban J connectivity index is 2.03. The Hall–Kier alpha value is -2.43. The van der Waals surface area contributed by atoms with Gasteiger partial charge in [0.15, 0.2) is 0 Å². The lowest BCUT2D eigenvalue weighted by Crippen LogP contribution is -2.15. The van der Waals surface area contributed by atoms with E-state index in [1.807, 2.05) is 26.0 Å². The Morgan fingerprint density at radius 3 is 2.32 bits per heavy atom. The smallest absolute Gasteiger partial charge is 0.275 e. The van der Waals surface area contributed by atoms with Gasteiger partial charge in [0.2, 0.25) is 0 Å². The SMILES string of the molecule is Cc1cc(C)cc(NC(=O)c2cnc(NCC(C)C)cn2)c1. The highest BCUT2D eigenvalue weighted by molar-refractivity contribution is 6.02. The first-order valence-corrected chi connectivity index (χ1v) is 7.39. The highest BCUT2D eigenvalue weighted by Gasteiger charge is 2.09. The van der Waals surface area contributed by atoms with Crippen LogP contribution in [0.15, 0.2) is 30.6 Å². The van der Waals surface area contributed by atoms with Crippen molar-refractivity contribution in [3.05, 3.63) is 47.4 Å². The highest BCUT2D eigenvalue weighted by Crippen LogP contribution is 2.14. The number of anilines is 2. The fourth-order valence-electron chi connectivity index (χ4n) is 2.09. The molecule has 22 heavy (non-hydrogen) atoms. The molecule has 0 aliphatic heterocycles. The third-order valence-corrected chi connectivity index (χ3v) is 3.06.